The summed E-state index contributed by atoms with van der Waals surface area (Å²) in [6, 6.07) is 0. The van der Waals surface area contributed by atoms with Crippen LogP contribution in [0.3, 0.4) is 0 Å². The van der Waals surface area contributed by atoms with Crippen LogP contribution in [0.1, 0.15) is 12.8 Å². The van der Waals surface area contributed by atoms with Crippen molar-refractivity contribution in [1.29, 1.82) is 0 Å². The number of rotatable bonds is 7. The topological polar surface area (TPSA) is 41.5 Å². The van der Waals surface area contributed by atoms with Crippen LogP contribution < -0.4 is 5.32 Å². The lowest BCUT2D eigenvalue weighted by molar-refractivity contribution is -0.168. The zero-order valence-corrected chi connectivity index (χ0v) is 9.03. The van der Waals surface area contributed by atoms with E-state index in [0.29, 0.717) is 25.8 Å². The number of nitrogens with one attached hydrogen (secondary N) is 1. The summed E-state index contributed by atoms with van der Waals surface area (Å²) >= 11 is 0.604. The molecule has 0 heterocycles. The van der Waals surface area contributed by atoms with Crippen molar-refractivity contribution >= 4 is 12.0 Å². The van der Waals surface area contributed by atoms with Gasteiger partial charge in [-0.15, -0.1) is 0 Å². The van der Waals surface area contributed by atoms with Gasteiger partial charge in [-0.05, 0) is 41.9 Å². The van der Waals surface area contributed by atoms with Crippen LogP contribution in [0.25, 0.3) is 0 Å². The maximum atomic E-state index is 11.7. The Morgan fingerprint density at radius 3 is 2.64 bits per heavy atom. The molecule has 0 spiro atoms. The summed E-state index contributed by atoms with van der Waals surface area (Å²) in [5, 5.41) is 3.09. The van der Waals surface area contributed by atoms with E-state index in [-0.39, 0.29) is 5.75 Å². The molecule has 2 N–H and O–H groups in total. The molecule has 0 aliphatic heterocycles. The van der Waals surface area contributed by atoms with Gasteiger partial charge < -0.3 is 9.87 Å². The predicted molar refractivity (Wildman–Crippen MR) is 53.7 cm³/mol. The van der Waals surface area contributed by atoms with Crippen molar-refractivity contribution in [1.82, 2.24) is 5.32 Å². The zero-order chi connectivity index (χ0) is 10.8. The third kappa shape index (κ3) is 7.49. The molecule has 14 heavy (non-hydrogen) atoms. The van der Waals surface area contributed by atoms with Crippen molar-refractivity contribution in [3.63, 3.8) is 0 Å². The summed E-state index contributed by atoms with van der Waals surface area (Å²) in [4.78, 5) is 3.65. The van der Waals surface area contributed by atoms with Crippen molar-refractivity contribution in [3.05, 3.63) is 0 Å². The molecule has 0 bridgehead atoms. The first-order valence-electron chi connectivity index (χ1n) is 4.49. The Balaban J connectivity index is 0.000000791. The van der Waals surface area contributed by atoms with Crippen LogP contribution in [-0.2, 0) is 4.94 Å². The Hall–Kier alpha value is 0.0900. The summed E-state index contributed by atoms with van der Waals surface area (Å²) in [7, 11) is 0.500. The maximum absolute atomic E-state index is 11.7. The Morgan fingerprint density at radius 2 is 2.21 bits per heavy atom. The van der Waals surface area contributed by atoms with Gasteiger partial charge in [0.15, 0.2) is 0 Å². The van der Waals surface area contributed by atoms with Gasteiger partial charge in [0, 0.05) is 6.54 Å². The fourth-order valence-electron chi connectivity index (χ4n) is 0.970. The smallest absolute Gasteiger partial charge is 0.122 e. The molecule has 1 saturated carbocycles. The van der Waals surface area contributed by atoms with Gasteiger partial charge in [0.05, 0.1) is 12.9 Å². The van der Waals surface area contributed by atoms with E-state index in [9.17, 15) is 8.92 Å². The molecule has 0 aromatic carbocycles. The Morgan fingerprint density at radius 1 is 1.57 bits per heavy atom. The van der Waals surface area contributed by atoms with Crippen LogP contribution in [0.15, 0.2) is 0 Å². The molecule has 1 unspecified atom stereocenters. The highest BCUT2D eigenvalue weighted by molar-refractivity contribution is 7.93. The molecule has 1 rings (SSSR count). The molecular formula is C8H17F2NO2S. The summed E-state index contributed by atoms with van der Waals surface area (Å²) in [6.07, 6.45) is 2.03. The molecule has 0 aromatic heterocycles. The first-order valence-corrected chi connectivity index (χ1v) is 5.43. The Labute approximate surface area is 87.3 Å². The summed E-state index contributed by atoms with van der Waals surface area (Å²) in [6.45, 7) is 1.41. The first kappa shape index (κ1) is 14.1. The molecule has 3 nitrogen and oxygen atoms in total. The van der Waals surface area contributed by atoms with Gasteiger partial charge in [0.25, 0.3) is 0 Å². The molecule has 0 saturated heterocycles. The Bertz CT molecular complexity index is 128. The fraction of sp³-hybridized carbons (Fsp3) is 1.00. The van der Waals surface area contributed by atoms with Gasteiger partial charge >= 0.3 is 0 Å². The second-order valence-electron chi connectivity index (χ2n) is 3.11. The van der Waals surface area contributed by atoms with Crippen LogP contribution in [0, 0.1) is 5.92 Å². The van der Waals surface area contributed by atoms with Crippen molar-refractivity contribution in [3.8, 4) is 0 Å². The van der Waals surface area contributed by atoms with Gasteiger partial charge in [-0.3, -0.25) is 4.39 Å². The molecule has 86 valence electrons. The van der Waals surface area contributed by atoms with Gasteiger partial charge in [0.2, 0.25) is 0 Å². The van der Waals surface area contributed by atoms with Crippen molar-refractivity contribution in [2.24, 2.45) is 5.92 Å². The lowest BCUT2D eigenvalue weighted by atomic mass is 10.3. The fourth-order valence-corrected chi connectivity index (χ4v) is 1.31. The third-order valence-corrected chi connectivity index (χ3v) is 2.41. The molecular weight excluding hydrogens is 212 g/mol. The van der Waals surface area contributed by atoms with E-state index in [1.54, 1.807) is 0 Å². The second kappa shape index (κ2) is 9.64. The lowest BCUT2D eigenvalue weighted by Gasteiger charge is -2.10. The minimum atomic E-state index is -0.529. The van der Waals surface area contributed by atoms with E-state index in [1.807, 2.05) is 0 Å². The molecule has 1 aliphatic carbocycles. The van der Waals surface area contributed by atoms with Gasteiger partial charge in [-0.1, -0.05) is 0 Å². The van der Waals surface area contributed by atoms with E-state index >= 15 is 0 Å². The standard InChI is InChI=1S/C7H14FNO2S.CH3F/c8-11-7(5-12-10)4-9-3-6-1-2-6;1-2/h6-7,9-10H,1-5H2;1H3. The van der Waals surface area contributed by atoms with Crippen molar-refractivity contribution < 1.29 is 18.4 Å². The molecule has 0 amide bonds. The van der Waals surface area contributed by atoms with Crippen LogP contribution in [0.2, 0.25) is 0 Å². The lowest BCUT2D eigenvalue weighted by Crippen LogP contribution is -2.30. The molecule has 0 radical (unpaired) electrons. The normalized spacial score (nSPS) is 17.1. The average molecular weight is 229 g/mol. The molecule has 1 aliphatic rings. The van der Waals surface area contributed by atoms with Crippen LogP contribution >= 0.6 is 12.0 Å². The highest BCUT2D eigenvalue weighted by atomic mass is 32.2. The summed E-state index contributed by atoms with van der Waals surface area (Å²) < 4.78 is 29.7. The minimum Gasteiger partial charge on any atom is -0.330 e. The van der Waals surface area contributed by atoms with E-state index in [0.717, 1.165) is 12.5 Å². The van der Waals surface area contributed by atoms with Crippen LogP contribution in [0.4, 0.5) is 8.92 Å². The molecule has 0 aromatic rings. The van der Waals surface area contributed by atoms with E-state index in [1.165, 1.54) is 12.8 Å². The number of hydrogen-bond acceptors (Lipinski definition) is 4. The van der Waals surface area contributed by atoms with Gasteiger partial charge in [0.1, 0.15) is 6.10 Å². The van der Waals surface area contributed by atoms with Crippen molar-refractivity contribution in [2.45, 2.75) is 18.9 Å². The SMILES string of the molecule is CF.OSCC(CNCC1CC1)OF. The minimum absolute atomic E-state index is 0.272. The number of hydrogen-bond donors (Lipinski definition) is 2. The van der Waals surface area contributed by atoms with Crippen molar-refractivity contribution in [2.75, 3.05) is 26.0 Å². The maximum Gasteiger partial charge on any atom is 0.122 e. The molecule has 6 heteroatoms. The third-order valence-electron chi connectivity index (χ3n) is 1.89. The van der Waals surface area contributed by atoms with Crippen LogP contribution in [-0.4, -0.2) is 36.7 Å². The van der Waals surface area contributed by atoms with E-state index in [4.69, 9.17) is 4.55 Å². The highest BCUT2D eigenvalue weighted by Crippen LogP contribution is 2.27. The second-order valence-corrected chi connectivity index (χ2v) is 3.70. The number of alkyl halides is 1. The summed E-state index contributed by atoms with van der Waals surface area (Å²) in [5.74, 6) is 1.06. The average Bonchev–Trinajstić information content (AvgIpc) is 3.03. The monoisotopic (exact) mass is 229 g/mol. The van der Waals surface area contributed by atoms with E-state index in [2.05, 4.69) is 10.3 Å². The first-order chi connectivity index (χ1) is 6.86. The number of halogens is 2. The zero-order valence-electron chi connectivity index (χ0n) is 8.21. The van der Waals surface area contributed by atoms with Gasteiger partial charge in [-0.25, -0.2) is 0 Å². The van der Waals surface area contributed by atoms with Crippen LogP contribution in [0.5, 0.6) is 0 Å². The predicted octanol–water partition coefficient (Wildman–Crippen LogP) is 2.05. The quantitative estimate of drug-likeness (QED) is 0.656. The largest absolute Gasteiger partial charge is 0.330 e. The summed E-state index contributed by atoms with van der Waals surface area (Å²) in [5.41, 5.74) is 0. The molecule has 1 atom stereocenters. The molecule has 1 fully saturated rings. The van der Waals surface area contributed by atoms with E-state index < -0.39 is 6.10 Å². The highest BCUT2D eigenvalue weighted by Gasteiger charge is 2.21. The Kier molecular flexibility index (Phi) is 9.70. The van der Waals surface area contributed by atoms with Gasteiger partial charge in [-0.2, -0.15) is 4.94 Å².